The minimum Gasteiger partial charge on any atom is -0.463 e. The normalized spacial score (nSPS) is 25.6. The van der Waals surface area contributed by atoms with E-state index in [1.54, 1.807) is 0 Å². The SMILES string of the molecule is CC(=O)OCC1OC(n2ccc(N3CCOC3=O)nc2=O)C(F)(F)C1OC(C)=O. The van der Waals surface area contributed by atoms with Crippen molar-refractivity contribution in [2.75, 3.05) is 24.7 Å². The summed E-state index contributed by atoms with van der Waals surface area (Å²) in [6, 6.07) is 1.17. The molecule has 29 heavy (non-hydrogen) atoms. The van der Waals surface area contributed by atoms with Gasteiger partial charge in [0.25, 0.3) is 0 Å². The van der Waals surface area contributed by atoms with Crippen LogP contribution in [-0.4, -0.2) is 65.5 Å². The number of ether oxygens (including phenoxy) is 4. The van der Waals surface area contributed by atoms with E-state index < -0.39 is 54.7 Å². The molecule has 0 spiro atoms. The van der Waals surface area contributed by atoms with Crippen LogP contribution in [0, 0.1) is 0 Å². The number of esters is 2. The Hall–Kier alpha value is -3.09. The fraction of sp³-hybridized carbons (Fsp3) is 0.562. The molecule has 3 unspecified atom stereocenters. The summed E-state index contributed by atoms with van der Waals surface area (Å²) < 4.78 is 49.7. The zero-order valence-corrected chi connectivity index (χ0v) is 15.4. The van der Waals surface area contributed by atoms with Gasteiger partial charge in [0.1, 0.15) is 25.1 Å². The lowest BCUT2D eigenvalue weighted by Crippen LogP contribution is -2.44. The van der Waals surface area contributed by atoms with Crippen LogP contribution in [0.5, 0.6) is 0 Å². The molecule has 1 aromatic rings. The minimum absolute atomic E-state index is 0.0666. The van der Waals surface area contributed by atoms with Gasteiger partial charge in [0.05, 0.1) is 6.54 Å². The van der Waals surface area contributed by atoms with Gasteiger partial charge in [0, 0.05) is 20.0 Å². The molecule has 1 amide bonds. The van der Waals surface area contributed by atoms with Crippen LogP contribution in [0.2, 0.25) is 0 Å². The van der Waals surface area contributed by atoms with Gasteiger partial charge in [-0.25, -0.2) is 9.59 Å². The zero-order chi connectivity index (χ0) is 21.3. The van der Waals surface area contributed by atoms with Crippen molar-refractivity contribution in [1.82, 2.24) is 9.55 Å². The molecule has 0 saturated carbocycles. The van der Waals surface area contributed by atoms with Gasteiger partial charge in [0.2, 0.25) is 6.23 Å². The van der Waals surface area contributed by atoms with Crippen LogP contribution in [0.1, 0.15) is 20.1 Å². The smallest absolute Gasteiger partial charge is 0.415 e. The van der Waals surface area contributed by atoms with Crippen LogP contribution < -0.4 is 10.6 Å². The van der Waals surface area contributed by atoms with Crippen LogP contribution >= 0.6 is 0 Å². The maximum atomic E-state index is 14.9. The third-order valence-electron chi connectivity index (χ3n) is 4.20. The summed E-state index contributed by atoms with van der Waals surface area (Å²) in [7, 11) is 0. The first-order valence-corrected chi connectivity index (χ1v) is 8.48. The Morgan fingerprint density at radius 2 is 2.03 bits per heavy atom. The molecule has 0 N–H and O–H groups in total. The predicted octanol–water partition coefficient (Wildman–Crippen LogP) is 0.227. The van der Waals surface area contributed by atoms with Gasteiger partial charge in [-0.1, -0.05) is 0 Å². The van der Waals surface area contributed by atoms with E-state index in [2.05, 4.69) is 9.72 Å². The van der Waals surface area contributed by atoms with Crippen LogP contribution in [-0.2, 0) is 28.5 Å². The number of aromatic nitrogens is 2. The Morgan fingerprint density at radius 1 is 1.31 bits per heavy atom. The van der Waals surface area contributed by atoms with Crippen molar-refractivity contribution in [3.63, 3.8) is 0 Å². The third-order valence-corrected chi connectivity index (χ3v) is 4.20. The van der Waals surface area contributed by atoms with Crippen LogP contribution in [0.3, 0.4) is 0 Å². The first kappa shape index (κ1) is 20.6. The fourth-order valence-corrected chi connectivity index (χ4v) is 2.96. The molecule has 2 fully saturated rings. The van der Waals surface area contributed by atoms with Gasteiger partial charge < -0.3 is 18.9 Å². The van der Waals surface area contributed by atoms with Crippen molar-refractivity contribution in [3.05, 3.63) is 22.7 Å². The van der Waals surface area contributed by atoms with Crippen molar-refractivity contribution >= 4 is 23.8 Å². The lowest BCUT2D eigenvalue weighted by Gasteiger charge is -2.24. The summed E-state index contributed by atoms with van der Waals surface area (Å²) in [6.07, 6.45) is -5.51. The van der Waals surface area contributed by atoms with Gasteiger partial charge in [-0.15, -0.1) is 0 Å². The Bertz CT molecular complexity index is 889. The predicted molar refractivity (Wildman–Crippen MR) is 88.2 cm³/mol. The quantitative estimate of drug-likeness (QED) is 0.489. The number of hydrogen-bond acceptors (Lipinski definition) is 9. The van der Waals surface area contributed by atoms with E-state index in [-0.39, 0.29) is 19.0 Å². The third kappa shape index (κ3) is 4.04. The van der Waals surface area contributed by atoms with E-state index in [1.807, 2.05) is 0 Å². The van der Waals surface area contributed by atoms with Crippen LogP contribution in [0.15, 0.2) is 17.1 Å². The lowest BCUT2D eigenvalue weighted by molar-refractivity contribution is -0.174. The molecule has 158 valence electrons. The molecule has 3 atom stereocenters. The number of amides is 1. The summed E-state index contributed by atoms with van der Waals surface area (Å²) in [5.41, 5.74) is -1.12. The molecule has 3 heterocycles. The van der Waals surface area contributed by atoms with Crippen molar-refractivity contribution in [2.45, 2.75) is 38.2 Å². The van der Waals surface area contributed by atoms with E-state index in [4.69, 9.17) is 14.2 Å². The average Bonchev–Trinajstić information content (AvgIpc) is 3.15. The molecule has 13 heteroatoms. The molecule has 2 saturated heterocycles. The second kappa shape index (κ2) is 7.73. The number of carbonyl (C=O) groups is 3. The molecule has 3 rings (SSSR count). The second-order valence-electron chi connectivity index (χ2n) is 6.28. The first-order valence-electron chi connectivity index (χ1n) is 8.48. The molecule has 1 aromatic heterocycles. The van der Waals surface area contributed by atoms with E-state index in [1.165, 1.54) is 6.07 Å². The highest BCUT2D eigenvalue weighted by Crippen LogP contribution is 2.44. The Morgan fingerprint density at radius 3 is 2.59 bits per heavy atom. The zero-order valence-electron chi connectivity index (χ0n) is 15.4. The number of halogens is 2. The van der Waals surface area contributed by atoms with Gasteiger partial charge >= 0.3 is 29.6 Å². The minimum atomic E-state index is -3.84. The van der Waals surface area contributed by atoms with Gasteiger partial charge in [-0.3, -0.25) is 19.1 Å². The number of rotatable bonds is 5. The highest BCUT2D eigenvalue weighted by Gasteiger charge is 2.62. The van der Waals surface area contributed by atoms with Crippen LogP contribution in [0.4, 0.5) is 19.4 Å². The van der Waals surface area contributed by atoms with E-state index in [0.717, 1.165) is 24.9 Å². The van der Waals surface area contributed by atoms with Crippen molar-refractivity contribution < 1.29 is 42.1 Å². The van der Waals surface area contributed by atoms with Crippen molar-refractivity contribution in [2.24, 2.45) is 0 Å². The second-order valence-corrected chi connectivity index (χ2v) is 6.28. The number of carbonyl (C=O) groups excluding carboxylic acids is 3. The number of cyclic esters (lactones) is 1. The standard InChI is InChI=1S/C16H17F2N3O8/c1-8(22)27-7-10-12(28-9(2)23)16(17,18)13(29-10)21-4-3-11(19-14(21)24)20-5-6-26-15(20)25/h3-4,10,12-13H,5-7H2,1-2H3. The van der Waals surface area contributed by atoms with E-state index >= 15 is 0 Å². The maximum absolute atomic E-state index is 14.9. The number of hydrogen-bond donors (Lipinski definition) is 0. The Kier molecular flexibility index (Phi) is 5.50. The molecule has 0 radical (unpaired) electrons. The summed E-state index contributed by atoms with van der Waals surface area (Å²) in [5.74, 6) is -5.65. The fourth-order valence-electron chi connectivity index (χ4n) is 2.96. The molecule has 11 nitrogen and oxygen atoms in total. The Balaban J connectivity index is 1.90. The molecular weight excluding hydrogens is 400 g/mol. The maximum Gasteiger partial charge on any atom is 0.415 e. The molecule has 2 aliphatic rings. The molecule has 0 bridgehead atoms. The van der Waals surface area contributed by atoms with Crippen molar-refractivity contribution in [3.8, 4) is 0 Å². The number of alkyl halides is 2. The van der Waals surface area contributed by atoms with Gasteiger partial charge in [-0.05, 0) is 6.07 Å². The van der Waals surface area contributed by atoms with Gasteiger partial charge in [0.15, 0.2) is 6.10 Å². The topological polar surface area (TPSA) is 126 Å². The van der Waals surface area contributed by atoms with E-state index in [9.17, 15) is 28.0 Å². The first-order chi connectivity index (χ1) is 13.6. The van der Waals surface area contributed by atoms with Crippen molar-refractivity contribution in [1.29, 1.82) is 0 Å². The highest BCUT2D eigenvalue weighted by atomic mass is 19.3. The molecule has 0 aromatic carbocycles. The number of nitrogens with zero attached hydrogens (tertiary/aromatic N) is 3. The largest absolute Gasteiger partial charge is 0.463 e. The van der Waals surface area contributed by atoms with Gasteiger partial charge in [-0.2, -0.15) is 13.8 Å². The molecular formula is C16H17F2N3O8. The molecule has 2 aliphatic heterocycles. The highest BCUT2D eigenvalue weighted by molar-refractivity contribution is 5.87. The van der Waals surface area contributed by atoms with E-state index in [0.29, 0.717) is 4.57 Å². The number of anilines is 1. The summed E-state index contributed by atoms with van der Waals surface area (Å²) in [4.78, 5) is 50.9. The van der Waals surface area contributed by atoms with Crippen LogP contribution in [0.25, 0.3) is 0 Å². The lowest BCUT2D eigenvalue weighted by atomic mass is 10.1. The summed E-state index contributed by atoms with van der Waals surface area (Å²) in [6.45, 7) is 1.66. The Labute approximate surface area is 162 Å². The summed E-state index contributed by atoms with van der Waals surface area (Å²) in [5, 5.41) is 0. The monoisotopic (exact) mass is 417 g/mol. The average molecular weight is 417 g/mol. The molecule has 0 aliphatic carbocycles. The summed E-state index contributed by atoms with van der Waals surface area (Å²) >= 11 is 0.